The highest BCUT2D eigenvalue weighted by Crippen LogP contribution is 2.23. The average Bonchev–Trinajstić information content (AvgIpc) is 2.74. The number of carbonyl (C=O) groups is 1. The maximum absolute atomic E-state index is 15.1. The van der Waals surface area contributed by atoms with Crippen LogP contribution in [0.3, 0.4) is 0 Å². The van der Waals surface area contributed by atoms with Crippen LogP contribution in [0, 0.1) is 0 Å². The molecule has 0 aliphatic carbocycles. The molecule has 0 saturated carbocycles. The molecule has 0 aromatic heterocycles. The number of halogens is 3. The summed E-state index contributed by atoms with van der Waals surface area (Å²) in [5, 5.41) is 0. The van der Waals surface area contributed by atoms with Gasteiger partial charge in [0, 0.05) is 13.1 Å². The molecule has 29 heavy (non-hydrogen) atoms. The molecule has 0 aliphatic heterocycles. The van der Waals surface area contributed by atoms with Crippen LogP contribution in [0.15, 0.2) is 48.5 Å². The van der Waals surface area contributed by atoms with Gasteiger partial charge in [0.15, 0.2) is 12.4 Å². The van der Waals surface area contributed by atoms with Crippen molar-refractivity contribution in [2.45, 2.75) is 31.9 Å². The van der Waals surface area contributed by atoms with E-state index >= 15 is 4.39 Å². The van der Waals surface area contributed by atoms with Crippen LogP contribution in [0.1, 0.15) is 11.1 Å². The summed E-state index contributed by atoms with van der Waals surface area (Å²) in [5.74, 6) is 1.26. The number of benzene rings is 2. The molecular formula is C21H24F3NO4. The molecule has 2 aromatic carbocycles. The van der Waals surface area contributed by atoms with E-state index in [0.717, 1.165) is 0 Å². The van der Waals surface area contributed by atoms with E-state index < -0.39 is 25.4 Å². The SMILES string of the molecule is COc1ccc(CN(Cc2ccc(OC)cc2)C(F)C(OCC=O)C(F)F)cc1. The summed E-state index contributed by atoms with van der Waals surface area (Å²) in [7, 11) is 3.06. The molecule has 0 aliphatic rings. The molecule has 5 nitrogen and oxygen atoms in total. The fraction of sp³-hybridized carbons (Fsp3) is 0.381. The van der Waals surface area contributed by atoms with Crippen LogP contribution in [-0.4, -0.2) is 50.8 Å². The molecule has 8 heteroatoms. The predicted octanol–water partition coefficient (Wildman–Crippen LogP) is 3.85. The Morgan fingerprint density at radius 3 is 1.66 bits per heavy atom. The minimum absolute atomic E-state index is 0.0604. The van der Waals surface area contributed by atoms with Crippen LogP contribution < -0.4 is 9.47 Å². The Morgan fingerprint density at radius 2 is 1.31 bits per heavy atom. The summed E-state index contributed by atoms with van der Waals surface area (Å²) in [6.07, 6.45) is -6.94. The highest BCUT2D eigenvalue weighted by Gasteiger charge is 2.35. The average molecular weight is 411 g/mol. The van der Waals surface area contributed by atoms with E-state index in [0.29, 0.717) is 28.9 Å². The Balaban J connectivity index is 2.24. The molecule has 0 bridgehead atoms. The molecule has 2 atom stereocenters. The van der Waals surface area contributed by atoms with E-state index in [2.05, 4.69) is 0 Å². The van der Waals surface area contributed by atoms with Crippen molar-refractivity contribution in [2.24, 2.45) is 0 Å². The van der Waals surface area contributed by atoms with Crippen molar-refractivity contribution in [2.75, 3.05) is 20.8 Å². The topological polar surface area (TPSA) is 48.0 Å². The first kappa shape index (κ1) is 22.7. The Labute approximate surface area is 168 Å². The van der Waals surface area contributed by atoms with Crippen molar-refractivity contribution in [1.29, 1.82) is 0 Å². The summed E-state index contributed by atoms with van der Waals surface area (Å²) < 4.78 is 56.8. The van der Waals surface area contributed by atoms with Crippen molar-refractivity contribution < 1.29 is 32.2 Å². The number of nitrogens with zero attached hydrogens (tertiary/aromatic N) is 1. The Bertz CT molecular complexity index is 691. The van der Waals surface area contributed by atoms with E-state index in [1.807, 2.05) is 0 Å². The molecule has 0 N–H and O–H groups in total. The van der Waals surface area contributed by atoms with Crippen molar-refractivity contribution in [3.8, 4) is 11.5 Å². The molecule has 0 fully saturated rings. The molecule has 2 rings (SSSR count). The van der Waals surface area contributed by atoms with E-state index in [1.54, 1.807) is 48.5 Å². The molecule has 0 spiro atoms. The number of hydrogen-bond donors (Lipinski definition) is 0. The summed E-state index contributed by atoms with van der Waals surface area (Å²) in [5.41, 5.74) is 1.43. The predicted molar refractivity (Wildman–Crippen MR) is 102 cm³/mol. The van der Waals surface area contributed by atoms with Crippen LogP contribution in [0.25, 0.3) is 0 Å². The van der Waals surface area contributed by atoms with Gasteiger partial charge in [-0.2, -0.15) is 0 Å². The quantitative estimate of drug-likeness (QED) is 0.392. The third-order valence-corrected chi connectivity index (χ3v) is 4.31. The second-order valence-electron chi connectivity index (χ2n) is 6.27. The van der Waals surface area contributed by atoms with Crippen molar-refractivity contribution >= 4 is 6.29 Å². The lowest BCUT2D eigenvalue weighted by Crippen LogP contribution is -2.45. The Hall–Kier alpha value is -2.58. The zero-order valence-electron chi connectivity index (χ0n) is 16.3. The van der Waals surface area contributed by atoms with Crippen molar-refractivity contribution in [3.63, 3.8) is 0 Å². The fourth-order valence-electron chi connectivity index (χ4n) is 2.79. The second-order valence-corrected chi connectivity index (χ2v) is 6.27. The summed E-state index contributed by atoms with van der Waals surface area (Å²) in [6.45, 7) is -0.482. The molecular weight excluding hydrogens is 387 g/mol. The minimum atomic E-state index is -3.08. The zero-order chi connectivity index (χ0) is 21.2. The van der Waals surface area contributed by atoms with Gasteiger partial charge >= 0.3 is 0 Å². The number of methoxy groups -OCH3 is 2. The number of alkyl halides is 3. The van der Waals surface area contributed by atoms with Gasteiger partial charge in [0.2, 0.25) is 0 Å². The van der Waals surface area contributed by atoms with Gasteiger partial charge < -0.3 is 19.0 Å². The van der Waals surface area contributed by atoms with Gasteiger partial charge in [-0.1, -0.05) is 24.3 Å². The maximum atomic E-state index is 15.1. The van der Waals surface area contributed by atoms with E-state index in [4.69, 9.17) is 14.2 Å². The normalized spacial score (nSPS) is 13.3. The van der Waals surface area contributed by atoms with Gasteiger partial charge in [-0.05, 0) is 35.4 Å². The van der Waals surface area contributed by atoms with Crippen LogP contribution in [0.4, 0.5) is 13.2 Å². The smallest absolute Gasteiger partial charge is 0.268 e. The molecule has 158 valence electrons. The van der Waals surface area contributed by atoms with Crippen molar-refractivity contribution in [1.82, 2.24) is 4.90 Å². The van der Waals surface area contributed by atoms with Crippen LogP contribution in [0.5, 0.6) is 11.5 Å². The first-order valence-electron chi connectivity index (χ1n) is 8.95. The van der Waals surface area contributed by atoms with E-state index in [-0.39, 0.29) is 13.1 Å². The van der Waals surface area contributed by atoms with Gasteiger partial charge in [0.25, 0.3) is 6.43 Å². The van der Waals surface area contributed by atoms with Crippen LogP contribution in [-0.2, 0) is 22.6 Å². The maximum Gasteiger partial charge on any atom is 0.268 e. The zero-order valence-corrected chi connectivity index (χ0v) is 16.3. The van der Waals surface area contributed by atoms with Gasteiger partial charge in [0.05, 0.1) is 14.2 Å². The third kappa shape index (κ3) is 6.76. The fourth-order valence-corrected chi connectivity index (χ4v) is 2.79. The number of carbonyl (C=O) groups excluding carboxylic acids is 1. The standard InChI is InChI=1S/C21H24F3NO4/c1-27-17-7-3-15(4-8-17)13-25(14-16-5-9-18(28-2)10-6-16)21(24)19(20(22)23)29-12-11-26/h3-11,19-21H,12-14H2,1-2H3. The van der Waals surface area contributed by atoms with Gasteiger partial charge in [0.1, 0.15) is 24.4 Å². The molecule has 2 aromatic rings. The van der Waals surface area contributed by atoms with Gasteiger partial charge in [-0.3, -0.25) is 4.90 Å². The molecule has 0 amide bonds. The molecule has 0 heterocycles. The number of hydrogen-bond acceptors (Lipinski definition) is 5. The first-order chi connectivity index (χ1) is 14.0. The lowest BCUT2D eigenvalue weighted by atomic mass is 10.1. The number of aldehydes is 1. The first-order valence-corrected chi connectivity index (χ1v) is 8.95. The Morgan fingerprint density at radius 1 is 0.862 bits per heavy atom. The summed E-state index contributed by atoms with van der Waals surface area (Å²) in [6, 6.07) is 13.8. The summed E-state index contributed by atoms with van der Waals surface area (Å²) in [4.78, 5) is 11.7. The summed E-state index contributed by atoms with van der Waals surface area (Å²) >= 11 is 0. The second kappa shape index (κ2) is 11.4. The van der Waals surface area contributed by atoms with Gasteiger partial charge in [-0.15, -0.1) is 0 Å². The Kier molecular flexibility index (Phi) is 8.95. The molecule has 0 radical (unpaired) electrons. The largest absolute Gasteiger partial charge is 0.497 e. The highest BCUT2D eigenvalue weighted by atomic mass is 19.3. The van der Waals surface area contributed by atoms with Crippen molar-refractivity contribution in [3.05, 3.63) is 59.7 Å². The van der Waals surface area contributed by atoms with Crippen LogP contribution in [0.2, 0.25) is 0 Å². The minimum Gasteiger partial charge on any atom is -0.497 e. The lowest BCUT2D eigenvalue weighted by molar-refractivity contribution is -0.144. The molecule has 2 unspecified atom stereocenters. The van der Waals surface area contributed by atoms with Gasteiger partial charge in [-0.25, -0.2) is 13.2 Å². The van der Waals surface area contributed by atoms with Crippen LogP contribution >= 0.6 is 0 Å². The lowest BCUT2D eigenvalue weighted by Gasteiger charge is -2.31. The third-order valence-electron chi connectivity index (χ3n) is 4.31. The highest BCUT2D eigenvalue weighted by molar-refractivity contribution is 5.50. The number of rotatable bonds is 12. The molecule has 0 saturated heterocycles. The monoisotopic (exact) mass is 411 g/mol. The van der Waals surface area contributed by atoms with E-state index in [9.17, 15) is 13.6 Å². The van der Waals surface area contributed by atoms with E-state index in [1.165, 1.54) is 19.1 Å². The number of ether oxygens (including phenoxy) is 3.